The second-order valence-corrected chi connectivity index (χ2v) is 4.54. The van der Waals surface area contributed by atoms with E-state index >= 15 is 0 Å². The Bertz CT molecular complexity index is 675. The van der Waals surface area contributed by atoms with E-state index in [4.69, 9.17) is 9.84 Å². The van der Waals surface area contributed by atoms with Crippen LogP contribution in [0, 0.1) is 11.8 Å². The van der Waals surface area contributed by atoms with Crippen molar-refractivity contribution >= 4 is 23.1 Å². The van der Waals surface area contributed by atoms with E-state index in [1.807, 2.05) is 0 Å². The molecule has 6 nitrogen and oxygen atoms in total. The summed E-state index contributed by atoms with van der Waals surface area (Å²) in [5, 5.41) is 16.7. The smallest absolute Gasteiger partial charge is 0.277 e. The highest BCUT2D eigenvalue weighted by atomic mass is 32.1. The van der Waals surface area contributed by atoms with Crippen LogP contribution >= 0.6 is 11.5 Å². The Hall–Kier alpha value is -2.43. The summed E-state index contributed by atoms with van der Waals surface area (Å²) < 4.78 is 8.86. The van der Waals surface area contributed by atoms with Gasteiger partial charge in [0.1, 0.15) is 5.75 Å². The number of ether oxygens (including phenoxy) is 1. The van der Waals surface area contributed by atoms with Crippen LogP contribution in [0.5, 0.6) is 5.75 Å². The van der Waals surface area contributed by atoms with Gasteiger partial charge in [-0.3, -0.25) is 4.79 Å². The molecule has 2 rings (SSSR count). The maximum absolute atomic E-state index is 12.0. The molecule has 1 aromatic carbocycles. The van der Waals surface area contributed by atoms with Crippen LogP contribution in [0.3, 0.4) is 0 Å². The van der Waals surface area contributed by atoms with Crippen molar-refractivity contribution in [2.45, 2.75) is 6.42 Å². The minimum Gasteiger partial charge on any atom is -0.495 e. The first kappa shape index (κ1) is 15.0. The lowest BCUT2D eigenvalue weighted by Crippen LogP contribution is -2.13. The summed E-state index contributed by atoms with van der Waals surface area (Å²) in [4.78, 5) is 12.0. The van der Waals surface area contributed by atoms with Crippen molar-refractivity contribution in [1.29, 1.82) is 0 Å². The molecule has 0 bridgehead atoms. The molecule has 0 aliphatic rings. The van der Waals surface area contributed by atoms with Gasteiger partial charge in [0, 0.05) is 17.4 Å². The first-order valence-corrected chi connectivity index (χ1v) is 6.94. The number of hydrogen-bond donors (Lipinski definition) is 2. The van der Waals surface area contributed by atoms with Crippen molar-refractivity contribution in [3.8, 4) is 17.6 Å². The Morgan fingerprint density at radius 3 is 3.05 bits per heavy atom. The predicted molar refractivity (Wildman–Crippen MR) is 79.4 cm³/mol. The van der Waals surface area contributed by atoms with Crippen molar-refractivity contribution in [1.82, 2.24) is 9.59 Å². The minimum atomic E-state index is -0.359. The first-order chi connectivity index (χ1) is 10.2. The largest absolute Gasteiger partial charge is 0.495 e. The van der Waals surface area contributed by atoms with Gasteiger partial charge in [0.05, 0.1) is 19.4 Å². The number of aliphatic hydroxyl groups is 1. The third kappa shape index (κ3) is 4.02. The topological polar surface area (TPSA) is 84.3 Å². The predicted octanol–water partition coefficient (Wildman–Crippen LogP) is 1.53. The van der Waals surface area contributed by atoms with E-state index in [1.165, 1.54) is 7.11 Å². The molecule has 2 aromatic rings. The van der Waals surface area contributed by atoms with Crippen LogP contribution < -0.4 is 10.1 Å². The number of carbonyl (C=O) groups excluding carboxylic acids is 1. The Kier molecular flexibility index (Phi) is 5.26. The van der Waals surface area contributed by atoms with Gasteiger partial charge in [0.25, 0.3) is 5.91 Å². The van der Waals surface area contributed by atoms with Crippen LogP contribution in [0.15, 0.2) is 23.6 Å². The molecule has 0 aliphatic heterocycles. The normalized spacial score (nSPS) is 9.62. The van der Waals surface area contributed by atoms with Crippen molar-refractivity contribution in [3.05, 3.63) is 34.8 Å². The van der Waals surface area contributed by atoms with Crippen LogP contribution in [-0.2, 0) is 0 Å². The first-order valence-electron chi connectivity index (χ1n) is 6.10. The molecule has 108 valence electrons. The molecule has 0 spiro atoms. The Morgan fingerprint density at radius 2 is 2.38 bits per heavy atom. The highest BCUT2D eigenvalue weighted by Gasteiger charge is 2.12. The zero-order valence-electron chi connectivity index (χ0n) is 11.3. The van der Waals surface area contributed by atoms with Gasteiger partial charge < -0.3 is 15.2 Å². The summed E-state index contributed by atoms with van der Waals surface area (Å²) in [7, 11) is 1.52. The maximum atomic E-state index is 12.0. The van der Waals surface area contributed by atoms with Crippen molar-refractivity contribution in [3.63, 3.8) is 0 Å². The van der Waals surface area contributed by atoms with E-state index in [9.17, 15) is 4.79 Å². The highest BCUT2D eigenvalue weighted by Crippen LogP contribution is 2.25. The molecule has 0 radical (unpaired) electrons. The number of aromatic nitrogens is 2. The van der Waals surface area contributed by atoms with E-state index in [0.29, 0.717) is 17.9 Å². The van der Waals surface area contributed by atoms with E-state index in [-0.39, 0.29) is 18.2 Å². The monoisotopic (exact) mass is 303 g/mol. The third-order valence-corrected chi connectivity index (χ3v) is 3.01. The second kappa shape index (κ2) is 7.38. The Balaban J connectivity index is 2.22. The number of benzene rings is 1. The van der Waals surface area contributed by atoms with Crippen LogP contribution in [0.25, 0.3) is 0 Å². The van der Waals surface area contributed by atoms with Gasteiger partial charge in [0.2, 0.25) is 0 Å². The number of rotatable bonds is 4. The third-order valence-electron chi connectivity index (χ3n) is 2.51. The lowest BCUT2D eigenvalue weighted by Gasteiger charge is -2.09. The summed E-state index contributed by atoms with van der Waals surface area (Å²) in [6.45, 7) is 0.0174. The highest BCUT2D eigenvalue weighted by molar-refractivity contribution is 7.03. The molecule has 0 fully saturated rings. The molecule has 0 unspecified atom stereocenters. The summed E-state index contributed by atoms with van der Waals surface area (Å²) in [6, 6.07) is 5.21. The van der Waals surface area contributed by atoms with Gasteiger partial charge in [-0.15, -0.1) is 5.10 Å². The summed E-state index contributed by atoms with van der Waals surface area (Å²) in [6.07, 6.45) is 0.401. The number of anilines is 1. The molecule has 0 aliphatic carbocycles. The van der Waals surface area contributed by atoms with Crippen LogP contribution in [-0.4, -0.2) is 34.3 Å². The summed E-state index contributed by atoms with van der Waals surface area (Å²) >= 11 is 1.11. The number of aliphatic hydroxyl groups excluding tert-OH is 1. The molecule has 2 N–H and O–H groups in total. The zero-order valence-corrected chi connectivity index (χ0v) is 12.1. The molecular weight excluding hydrogens is 290 g/mol. The fraction of sp³-hybridized carbons (Fsp3) is 0.214. The molecule has 0 saturated heterocycles. The molecule has 1 heterocycles. The maximum Gasteiger partial charge on any atom is 0.277 e. The number of nitrogens with zero attached hydrogens (tertiary/aromatic N) is 2. The van der Waals surface area contributed by atoms with Crippen LogP contribution in [0.1, 0.15) is 22.5 Å². The Morgan fingerprint density at radius 1 is 1.52 bits per heavy atom. The molecule has 0 saturated carbocycles. The molecular formula is C14H13N3O3S. The average molecular weight is 303 g/mol. The fourth-order valence-corrected chi connectivity index (χ4v) is 1.99. The standard InChI is InChI=1S/C14H13N3O3S/c1-20-13-6-5-10(4-2-3-7-18)8-11(13)15-14(19)12-9-21-17-16-12/h5-6,8-9,18H,3,7H2,1H3,(H,15,19). The van der Waals surface area contributed by atoms with Crippen LogP contribution in [0.4, 0.5) is 5.69 Å². The van der Waals surface area contributed by atoms with Gasteiger partial charge >= 0.3 is 0 Å². The second-order valence-electron chi connectivity index (χ2n) is 3.93. The van der Waals surface area contributed by atoms with Crippen molar-refractivity contribution < 1.29 is 14.6 Å². The molecule has 0 atom stereocenters. The minimum absolute atomic E-state index is 0.0174. The van der Waals surface area contributed by atoms with E-state index < -0.39 is 0 Å². The SMILES string of the molecule is COc1ccc(C#CCCO)cc1NC(=O)c1csnn1. The number of carbonyl (C=O) groups is 1. The quantitative estimate of drug-likeness (QED) is 0.837. The van der Waals surface area contributed by atoms with Crippen molar-refractivity contribution in [2.75, 3.05) is 19.0 Å². The van der Waals surface area contributed by atoms with Crippen LogP contribution in [0.2, 0.25) is 0 Å². The van der Waals surface area contributed by atoms with Gasteiger partial charge in [0.15, 0.2) is 5.69 Å². The van der Waals surface area contributed by atoms with Gasteiger partial charge in [-0.25, -0.2) is 0 Å². The Labute approximate surface area is 125 Å². The number of amides is 1. The van der Waals surface area contributed by atoms with Gasteiger partial charge in [-0.1, -0.05) is 16.3 Å². The fourth-order valence-electron chi connectivity index (χ4n) is 1.55. The molecule has 7 heteroatoms. The zero-order chi connectivity index (χ0) is 15.1. The summed E-state index contributed by atoms with van der Waals surface area (Å²) in [5.74, 6) is 5.89. The van der Waals surface area contributed by atoms with E-state index in [0.717, 1.165) is 17.1 Å². The summed E-state index contributed by atoms with van der Waals surface area (Å²) in [5.41, 5.74) is 1.47. The average Bonchev–Trinajstić information content (AvgIpc) is 3.02. The lowest BCUT2D eigenvalue weighted by atomic mass is 10.2. The molecule has 1 aromatic heterocycles. The molecule has 1 amide bonds. The van der Waals surface area contributed by atoms with Crippen molar-refractivity contribution in [2.24, 2.45) is 0 Å². The van der Waals surface area contributed by atoms with Gasteiger partial charge in [-0.2, -0.15) is 0 Å². The van der Waals surface area contributed by atoms with Gasteiger partial charge in [-0.05, 0) is 29.7 Å². The number of methoxy groups -OCH3 is 1. The molecule has 21 heavy (non-hydrogen) atoms. The number of hydrogen-bond acceptors (Lipinski definition) is 6. The lowest BCUT2D eigenvalue weighted by molar-refractivity contribution is 0.102. The number of nitrogens with one attached hydrogen (secondary N) is 1. The van der Waals surface area contributed by atoms with E-state index in [2.05, 4.69) is 26.7 Å². The van der Waals surface area contributed by atoms with E-state index in [1.54, 1.807) is 23.6 Å².